The Morgan fingerprint density at radius 1 is 1.29 bits per heavy atom. The van der Waals surface area contributed by atoms with Crippen molar-refractivity contribution in [2.75, 3.05) is 5.32 Å². The van der Waals surface area contributed by atoms with Crippen LogP contribution >= 0.6 is 11.3 Å². The van der Waals surface area contributed by atoms with E-state index in [4.69, 9.17) is 5.11 Å². The van der Waals surface area contributed by atoms with Crippen LogP contribution in [0.1, 0.15) is 27.2 Å². The summed E-state index contributed by atoms with van der Waals surface area (Å²) in [5.41, 5.74) is 1.34. The van der Waals surface area contributed by atoms with Crippen molar-refractivity contribution >= 4 is 28.2 Å². The molecule has 0 aliphatic rings. The molecule has 0 saturated heterocycles. The molecule has 2 rings (SSSR count). The molecule has 0 aliphatic heterocycles. The van der Waals surface area contributed by atoms with Crippen LogP contribution in [0.25, 0.3) is 0 Å². The molecule has 0 atom stereocenters. The van der Waals surface area contributed by atoms with Crippen molar-refractivity contribution in [3.8, 4) is 5.75 Å². The fourth-order valence-corrected chi connectivity index (χ4v) is 2.85. The zero-order valence-corrected chi connectivity index (χ0v) is 12.2. The van der Waals surface area contributed by atoms with Crippen molar-refractivity contribution in [3.05, 3.63) is 46.3 Å². The number of carboxylic acids is 1. The summed E-state index contributed by atoms with van der Waals surface area (Å²) in [6.07, 6.45) is 0.644. The van der Waals surface area contributed by atoms with Crippen LogP contribution in [-0.2, 0) is 11.2 Å². The van der Waals surface area contributed by atoms with E-state index in [-0.39, 0.29) is 23.0 Å². The van der Waals surface area contributed by atoms with E-state index in [0.29, 0.717) is 22.5 Å². The van der Waals surface area contributed by atoms with Gasteiger partial charge in [0, 0.05) is 6.42 Å². The highest BCUT2D eigenvalue weighted by atomic mass is 32.1. The smallest absolute Gasteiger partial charge is 0.346 e. The van der Waals surface area contributed by atoms with Crippen LogP contribution in [0.15, 0.2) is 30.3 Å². The summed E-state index contributed by atoms with van der Waals surface area (Å²) in [7, 11) is 0. The summed E-state index contributed by atoms with van der Waals surface area (Å²) >= 11 is 1.04. The summed E-state index contributed by atoms with van der Waals surface area (Å²) in [5.74, 6) is -1.03. The highest BCUT2D eigenvalue weighted by Crippen LogP contribution is 2.27. The minimum atomic E-state index is -0.993. The number of benzene rings is 1. The maximum atomic E-state index is 11.9. The third-order valence-electron chi connectivity index (χ3n) is 2.99. The molecule has 1 amide bonds. The number of carbonyl (C=O) groups excluding carboxylic acids is 1. The summed E-state index contributed by atoms with van der Waals surface area (Å²) in [4.78, 5) is 23.0. The van der Waals surface area contributed by atoms with Gasteiger partial charge >= 0.3 is 5.97 Å². The number of aryl methyl sites for hydroxylation is 2. The van der Waals surface area contributed by atoms with Crippen molar-refractivity contribution in [1.29, 1.82) is 0 Å². The van der Waals surface area contributed by atoms with Crippen molar-refractivity contribution in [2.45, 2.75) is 19.8 Å². The molecule has 0 radical (unpaired) electrons. The van der Waals surface area contributed by atoms with E-state index in [1.807, 2.05) is 0 Å². The Kier molecular flexibility index (Phi) is 4.59. The van der Waals surface area contributed by atoms with E-state index in [0.717, 1.165) is 11.3 Å². The Balaban J connectivity index is 1.95. The second kappa shape index (κ2) is 6.41. The maximum absolute atomic E-state index is 11.9. The molecule has 1 heterocycles. The molecule has 110 valence electrons. The molecule has 21 heavy (non-hydrogen) atoms. The number of aromatic hydroxyl groups is 1. The molecule has 0 saturated carbocycles. The van der Waals surface area contributed by atoms with Gasteiger partial charge in [-0.3, -0.25) is 4.79 Å². The van der Waals surface area contributed by atoms with Gasteiger partial charge in [0.1, 0.15) is 10.6 Å². The van der Waals surface area contributed by atoms with Crippen molar-refractivity contribution in [1.82, 2.24) is 0 Å². The number of hydrogen-bond acceptors (Lipinski definition) is 4. The van der Waals surface area contributed by atoms with Crippen molar-refractivity contribution in [2.24, 2.45) is 0 Å². The van der Waals surface area contributed by atoms with Gasteiger partial charge in [-0.15, -0.1) is 11.3 Å². The Bertz CT molecular complexity index is 678. The zero-order chi connectivity index (χ0) is 15.4. The van der Waals surface area contributed by atoms with Gasteiger partial charge in [-0.05, 0) is 36.6 Å². The van der Waals surface area contributed by atoms with Crippen LogP contribution in [0.2, 0.25) is 0 Å². The number of rotatable bonds is 5. The SMILES string of the molecule is Cc1cc(NC(=O)CCc2ccccc2O)sc1C(=O)O. The lowest BCUT2D eigenvalue weighted by Gasteiger charge is -2.04. The average molecular weight is 305 g/mol. The summed E-state index contributed by atoms with van der Waals surface area (Å²) in [6.45, 7) is 1.69. The summed E-state index contributed by atoms with van der Waals surface area (Å²) in [6, 6.07) is 8.51. The average Bonchev–Trinajstić information content (AvgIpc) is 2.79. The highest BCUT2D eigenvalue weighted by molar-refractivity contribution is 7.18. The zero-order valence-electron chi connectivity index (χ0n) is 11.4. The number of carbonyl (C=O) groups is 2. The highest BCUT2D eigenvalue weighted by Gasteiger charge is 2.13. The van der Waals surface area contributed by atoms with Gasteiger partial charge in [0.15, 0.2) is 0 Å². The maximum Gasteiger partial charge on any atom is 0.346 e. The third kappa shape index (κ3) is 3.82. The quantitative estimate of drug-likeness (QED) is 0.792. The number of carboxylic acid groups (broad SMARTS) is 1. The fourth-order valence-electron chi connectivity index (χ4n) is 1.93. The van der Waals surface area contributed by atoms with Crippen molar-refractivity contribution in [3.63, 3.8) is 0 Å². The number of phenols is 1. The molecule has 5 nitrogen and oxygen atoms in total. The largest absolute Gasteiger partial charge is 0.508 e. The first-order chi connectivity index (χ1) is 9.97. The number of nitrogens with one attached hydrogen (secondary N) is 1. The monoisotopic (exact) mass is 305 g/mol. The van der Waals surface area contributed by atoms with Gasteiger partial charge in [0.2, 0.25) is 5.91 Å². The van der Waals surface area contributed by atoms with Gasteiger partial charge in [-0.2, -0.15) is 0 Å². The lowest BCUT2D eigenvalue weighted by molar-refractivity contribution is -0.116. The molecular formula is C15H15NO4S. The Labute approximate surface area is 125 Å². The minimum absolute atomic E-state index is 0.172. The molecule has 0 unspecified atom stereocenters. The van der Waals surface area contributed by atoms with E-state index >= 15 is 0 Å². The number of aromatic carboxylic acids is 1. The van der Waals surface area contributed by atoms with E-state index in [1.165, 1.54) is 0 Å². The number of para-hydroxylation sites is 1. The lowest BCUT2D eigenvalue weighted by Crippen LogP contribution is -2.11. The molecule has 0 spiro atoms. The van der Waals surface area contributed by atoms with Crippen LogP contribution < -0.4 is 5.32 Å². The molecule has 0 aliphatic carbocycles. The van der Waals surface area contributed by atoms with Crippen LogP contribution in [0.3, 0.4) is 0 Å². The summed E-state index contributed by atoms with van der Waals surface area (Å²) < 4.78 is 0. The number of amides is 1. The molecular weight excluding hydrogens is 290 g/mol. The molecule has 1 aromatic heterocycles. The van der Waals surface area contributed by atoms with Crippen LogP contribution in [0, 0.1) is 6.92 Å². The van der Waals surface area contributed by atoms with Gasteiger partial charge in [-0.1, -0.05) is 18.2 Å². The van der Waals surface area contributed by atoms with Crippen LogP contribution in [0.5, 0.6) is 5.75 Å². The van der Waals surface area contributed by atoms with E-state index < -0.39 is 5.97 Å². The Morgan fingerprint density at radius 3 is 2.62 bits per heavy atom. The van der Waals surface area contributed by atoms with E-state index in [9.17, 15) is 14.7 Å². The van der Waals surface area contributed by atoms with E-state index in [1.54, 1.807) is 37.3 Å². The molecule has 2 aromatic rings. The third-order valence-corrected chi connectivity index (χ3v) is 4.13. The molecule has 0 bridgehead atoms. The predicted molar refractivity (Wildman–Crippen MR) is 81.1 cm³/mol. The van der Waals surface area contributed by atoms with Gasteiger partial charge in [0.05, 0.1) is 5.00 Å². The lowest BCUT2D eigenvalue weighted by atomic mass is 10.1. The summed E-state index contributed by atoms with van der Waals surface area (Å²) in [5, 5.41) is 21.8. The molecule has 3 N–H and O–H groups in total. The molecule has 1 aromatic carbocycles. The predicted octanol–water partition coefficient (Wildman–Crippen LogP) is 3.03. The second-order valence-corrected chi connectivity index (χ2v) is 5.66. The minimum Gasteiger partial charge on any atom is -0.508 e. The number of hydrogen-bond donors (Lipinski definition) is 3. The Morgan fingerprint density at radius 2 is 2.00 bits per heavy atom. The van der Waals surface area contributed by atoms with Gasteiger partial charge in [0.25, 0.3) is 0 Å². The first-order valence-corrected chi connectivity index (χ1v) is 7.19. The molecule has 0 fully saturated rings. The van der Waals surface area contributed by atoms with E-state index in [2.05, 4.69) is 5.32 Å². The van der Waals surface area contributed by atoms with Crippen molar-refractivity contribution < 1.29 is 19.8 Å². The second-order valence-electron chi connectivity index (χ2n) is 4.60. The fraction of sp³-hybridized carbons (Fsp3) is 0.200. The standard InChI is InChI=1S/C15H15NO4S/c1-9-8-13(21-14(9)15(19)20)16-12(18)7-6-10-4-2-3-5-11(10)17/h2-5,8,17H,6-7H2,1H3,(H,16,18)(H,19,20). The first kappa shape index (κ1) is 15.1. The van der Waals surface area contributed by atoms with Crippen LogP contribution in [0.4, 0.5) is 5.00 Å². The number of thiophene rings is 1. The van der Waals surface area contributed by atoms with Gasteiger partial charge < -0.3 is 15.5 Å². The topological polar surface area (TPSA) is 86.6 Å². The molecule has 6 heteroatoms. The Hall–Kier alpha value is -2.34. The number of phenolic OH excluding ortho intramolecular Hbond substituents is 1. The van der Waals surface area contributed by atoms with Crippen LogP contribution in [-0.4, -0.2) is 22.1 Å². The van der Waals surface area contributed by atoms with Gasteiger partial charge in [-0.25, -0.2) is 4.79 Å². The number of anilines is 1. The normalized spacial score (nSPS) is 10.3. The first-order valence-electron chi connectivity index (χ1n) is 6.38.